The fourth-order valence-electron chi connectivity index (χ4n) is 1.92. The van der Waals surface area contributed by atoms with E-state index in [2.05, 4.69) is 5.32 Å². The van der Waals surface area contributed by atoms with Gasteiger partial charge in [-0.2, -0.15) is 4.57 Å². The van der Waals surface area contributed by atoms with Crippen molar-refractivity contribution in [1.29, 1.82) is 0 Å². The van der Waals surface area contributed by atoms with Crippen LogP contribution in [0.1, 0.15) is 5.56 Å². The second kappa shape index (κ2) is 8.24. The van der Waals surface area contributed by atoms with Crippen LogP contribution in [0, 0.1) is 6.92 Å². The predicted molar refractivity (Wildman–Crippen MR) is 79.5 cm³/mol. The molecule has 1 aromatic heterocycles. The third-order valence-corrected chi connectivity index (χ3v) is 3.05. The number of nitrogens with zero attached hydrogens (tertiary/aromatic N) is 1. The Hall–Kier alpha value is -2.27. The Balaban J connectivity index is 0.00000242. The molecule has 2 aromatic rings. The minimum Gasteiger partial charge on any atom is -1.00 e. The molecule has 2 rings (SSSR count). The average Bonchev–Trinajstić information content (AvgIpc) is 2.49. The summed E-state index contributed by atoms with van der Waals surface area (Å²) < 4.78 is 12.2. The molecule has 0 unspecified atom stereocenters. The second-order valence-corrected chi connectivity index (χ2v) is 4.67. The highest BCUT2D eigenvalue weighted by Crippen LogP contribution is 2.29. The maximum absolute atomic E-state index is 12.0. The number of ether oxygens (including phenoxy) is 2. The summed E-state index contributed by atoms with van der Waals surface area (Å²) >= 11 is 0. The van der Waals surface area contributed by atoms with Crippen molar-refractivity contribution in [2.75, 3.05) is 19.5 Å². The Morgan fingerprint density at radius 3 is 2.32 bits per heavy atom. The molecule has 6 heteroatoms. The molecular formula is C16H19ClN2O3. The highest BCUT2D eigenvalue weighted by atomic mass is 35.5. The molecule has 0 aliphatic carbocycles. The van der Waals surface area contributed by atoms with Crippen molar-refractivity contribution in [3.63, 3.8) is 0 Å². The minimum absolute atomic E-state index is 0. The van der Waals surface area contributed by atoms with Crippen LogP contribution < -0.4 is 31.8 Å². The molecule has 0 saturated carbocycles. The maximum Gasteiger partial charge on any atom is 0.290 e. The van der Waals surface area contributed by atoms with Crippen molar-refractivity contribution < 1.29 is 31.2 Å². The van der Waals surface area contributed by atoms with Gasteiger partial charge in [0.15, 0.2) is 23.9 Å². The number of hydrogen-bond acceptors (Lipinski definition) is 3. The number of hydrogen-bond donors (Lipinski definition) is 1. The molecule has 1 amide bonds. The molecule has 0 atom stereocenters. The molecule has 0 spiro atoms. The third kappa shape index (κ3) is 4.63. The molecule has 118 valence electrons. The highest BCUT2D eigenvalue weighted by Gasteiger charge is 2.11. The van der Waals surface area contributed by atoms with E-state index in [1.807, 2.05) is 36.0 Å². The number of pyridine rings is 1. The van der Waals surface area contributed by atoms with Crippen LogP contribution in [0.4, 0.5) is 5.69 Å². The Kier molecular flexibility index (Phi) is 6.66. The van der Waals surface area contributed by atoms with Crippen LogP contribution in [-0.2, 0) is 11.3 Å². The van der Waals surface area contributed by atoms with Gasteiger partial charge in [-0.3, -0.25) is 4.79 Å². The molecule has 0 aliphatic heterocycles. The lowest BCUT2D eigenvalue weighted by molar-refractivity contribution is -0.684. The summed E-state index contributed by atoms with van der Waals surface area (Å²) in [5.74, 6) is 1.11. The number of methoxy groups -OCH3 is 2. The molecule has 1 N–H and O–H groups in total. The monoisotopic (exact) mass is 322 g/mol. The van der Waals surface area contributed by atoms with Crippen molar-refractivity contribution >= 4 is 11.6 Å². The van der Waals surface area contributed by atoms with E-state index in [1.54, 1.807) is 32.4 Å². The van der Waals surface area contributed by atoms with E-state index < -0.39 is 0 Å². The molecule has 0 fully saturated rings. The molecule has 0 bridgehead atoms. The lowest BCUT2D eigenvalue weighted by Gasteiger charge is -2.09. The quantitative estimate of drug-likeness (QED) is 0.714. The van der Waals surface area contributed by atoms with Crippen LogP contribution in [0.3, 0.4) is 0 Å². The number of aromatic nitrogens is 1. The second-order valence-electron chi connectivity index (χ2n) is 4.67. The van der Waals surface area contributed by atoms with Crippen LogP contribution in [-0.4, -0.2) is 20.1 Å². The van der Waals surface area contributed by atoms with E-state index in [1.165, 1.54) is 0 Å². The first-order valence-corrected chi connectivity index (χ1v) is 6.60. The molecule has 0 aliphatic rings. The van der Waals surface area contributed by atoms with Gasteiger partial charge in [0.05, 0.1) is 14.2 Å². The average molecular weight is 323 g/mol. The zero-order chi connectivity index (χ0) is 15.2. The standard InChI is InChI=1S/C16H18N2O3.ClH/c1-12-6-8-18(9-7-12)11-16(19)17-13-4-5-14(20-2)15(10-13)21-3;/h4-10H,11H2,1-3H3;1H. The van der Waals surface area contributed by atoms with Crippen LogP contribution in [0.15, 0.2) is 42.7 Å². The predicted octanol–water partition coefficient (Wildman–Crippen LogP) is -1.06. The van der Waals surface area contributed by atoms with Gasteiger partial charge in [0.2, 0.25) is 6.54 Å². The molecule has 1 heterocycles. The van der Waals surface area contributed by atoms with Gasteiger partial charge in [-0.1, -0.05) is 0 Å². The Bertz CT molecular complexity index is 630. The van der Waals surface area contributed by atoms with Crippen molar-refractivity contribution in [1.82, 2.24) is 0 Å². The van der Waals surface area contributed by atoms with Gasteiger partial charge < -0.3 is 27.2 Å². The van der Waals surface area contributed by atoms with Gasteiger partial charge in [-0.15, -0.1) is 0 Å². The van der Waals surface area contributed by atoms with Gasteiger partial charge in [0, 0.05) is 23.9 Å². The van der Waals surface area contributed by atoms with Crippen LogP contribution >= 0.6 is 0 Å². The maximum atomic E-state index is 12.0. The molecular weight excluding hydrogens is 304 g/mol. The van der Waals surface area contributed by atoms with Crippen molar-refractivity contribution in [2.45, 2.75) is 13.5 Å². The van der Waals surface area contributed by atoms with E-state index in [0.717, 1.165) is 5.56 Å². The molecule has 0 saturated heterocycles. The van der Waals surface area contributed by atoms with Gasteiger partial charge >= 0.3 is 0 Å². The smallest absolute Gasteiger partial charge is 0.290 e. The number of benzene rings is 1. The van der Waals surface area contributed by atoms with Crippen molar-refractivity contribution in [3.05, 3.63) is 48.3 Å². The third-order valence-electron chi connectivity index (χ3n) is 3.05. The van der Waals surface area contributed by atoms with E-state index in [9.17, 15) is 4.79 Å². The van der Waals surface area contributed by atoms with E-state index in [0.29, 0.717) is 17.2 Å². The fourth-order valence-corrected chi connectivity index (χ4v) is 1.92. The van der Waals surface area contributed by atoms with Crippen molar-refractivity contribution in [3.8, 4) is 11.5 Å². The number of carbonyl (C=O) groups excluding carboxylic acids is 1. The molecule has 22 heavy (non-hydrogen) atoms. The number of nitrogens with one attached hydrogen (secondary N) is 1. The van der Waals surface area contributed by atoms with Crippen LogP contribution in [0.25, 0.3) is 0 Å². The minimum atomic E-state index is -0.101. The summed E-state index contributed by atoms with van der Waals surface area (Å²) in [4.78, 5) is 12.0. The molecule has 0 radical (unpaired) electrons. The van der Waals surface area contributed by atoms with E-state index in [-0.39, 0.29) is 24.9 Å². The Labute approximate surface area is 136 Å². The normalized spacial score (nSPS) is 9.59. The summed E-state index contributed by atoms with van der Waals surface area (Å²) in [6.45, 7) is 2.27. The highest BCUT2D eigenvalue weighted by molar-refractivity contribution is 5.90. The number of carbonyl (C=O) groups is 1. The first-order chi connectivity index (χ1) is 10.1. The fraction of sp³-hybridized carbons (Fsp3) is 0.250. The van der Waals surface area contributed by atoms with Gasteiger partial charge in [0.1, 0.15) is 0 Å². The number of halogens is 1. The summed E-state index contributed by atoms with van der Waals surface area (Å²) in [7, 11) is 3.13. The summed E-state index contributed by atoms with van der Waals surface area (Å²) in [6.07, 6.45) is 3.76. The SMILES string of the molecule is COc1ccc(NC(=O)C[n+]2ccc(C)cc2)cc1OC.[Cl-]. The zero-order valence-electron chi connectivity index (χ0n) is 12.8. The van der Waals surface area contributed by atoms with Gasteiger partial charge in [-0.25, -0.2) is 0 Å². The van der Waals surface area contributed by atoms with Crippen molar-refractivity contribution in [2.24, 2.45) is 0 Å². The number of amides is 1. The van der Waals surface area contributed by atoms with E-state index >= 15 is 0 Å². The van der Waals surface area contributed by atoms with Crippen LogP contribution in [0.2, 0.25) is 0 Å². The lowest BCUT2D eigenvalue weighted by Crippen LogP contribution is -3.00. The summed E-state index contributed by atoms with van der Waals surface area (Å²) in [5, 5.41) is 2.84. The molecule has 1 aromatic carbocycles. The Morgan fingerprint density at radius 2 is 1.73 bits per heavy atom. The topological polar surface area (TPSA) is 51.4 Å². The van der Waals surface area contributed by atoms with Gasteiger partial charge in [-0.05, 0) is 24.6 Å². The molecule has 5 nitrogen and oxygen atoms in total. The first kappa shape index (κ1) is 17.8. The van der Waals surface area contributed by atoms with E-state index in [4.69, 9.17) is 9.47 Å². The summed E-state index contributed by atoms with van der Waals surface area (Å²) in [6, 6.07) is 9.19. The lowest BCUT2D eigenvalue weighted by atomic mass is 10.2. The number of anilines is 1. The Morgan fingerprint density at radius 1 is 1.09 bits per heavy atom. The largest absolute Gasteiger partial charge is 1.00 e. The summed E-state index contributed by atoms with van der Waals surface area (Å²) in [5.41, 5.74) is 1.83. The van der Waals surface area contributed by atoms with Gasteiger partial charge in [0.25, 0.3) is 5.91 Å². The first-order valence-electron chi connectivity index (χ1n) is 6.60. The number of rotatable bonds is 5. The van der Waals surface area contributed by atoms with Crippen LogP contribution in [0.5, 0.6) is 11.5 Å². The number of aryl methyl sites for hydroxylation is 1. The zero-order valence-corrected chi connectivity index (χ0v) is 13.6.